The molecule has 1 fully saturated rings. The Balaban J connectivity index is 1.64. The first-order valence-electron chi connectivity index (χ1n) is 9.82. The first-order chi connectivity index (χ1) is 12.9. The van der Waals surface area contributed by atoms with E-state index in [4.69, 9.17) is 5.14 Å². The zero-order chi connectivity index (χ0) is 19.3. The second kappa shape index (κ2) is 8.99. The number of hydrogen-bond acceptors (Lipinski definition) is 4. The van der Waals surface area contributed by atoms with Gasteiger partial charge < -0.3 is 9.88 Å². The highest BCUT2D eigenvalue weighted by Gasteiger charge is 2.16. The van der Waals surface area contributed by atoms with Gasteiger partial charge in [-0.15, -0.1) is 0 Å². The average Bonchev–Trinajstić information content (AvgIpc) is 3.00. The van der Waals surface area contributed by atoms with E-state index in [-0.39, 0.29) is 5.03 Å². The zero-order valence-electron chi connectivity index (χ0n) is 16.0. The van der Waals surface area contributed by atoms with Gasteiger partial charge in [0, 0.05) is 18.8 Å². The first-order valence-corrected chi connectivity index (χ1v) is 11.4. The van der Waals surface area contributed by atoms with Crippen LogP contribution in [-0.2, 0) is 16.6 Å². The van der Waals surface area contributed by atoms with E-state index in [2.05, 4.69) is 23.3 Å². The second-order valence-corrected chi connectivity index (χ2v) is 9.18. The molecule has 7 heteroatoms. The number of imidazole rings is 1. The molecule has 27 heavy (non-hydrogen) atoms. The van der Waals surface area contributed by atoms with Gasteiger partial charge in [-0.05, 0) is 30.9 Å². The van der Waals surface area contributed by atoms with Crippen LogP contribution in [0.1, 0.15) is 57.4 Å². The minimum atomic E-state index is -3.80. The third-order valence-electron chi connectivity index (χ3n) is 5.42. The van der Waals surface area contributed by atoms with Crippen molar-refractivity contribution in [2.75, 3.05) is 0 Å². The molecule has 0 radical (unpaired) electrons. The molecule has 0 amide bonds. The summed E-state index contributed by atoms with van der Waals surface area (Å²) in [5.74, 6) is 0.830. The molecular formula is C20H30N4O2S. The van der Waals surface area contributed by atoms with Crippen LogP contribution in [0.15, 0.2) is 41.8 Å². The third kappa shape index (κ3) is 5.64. The van der Waals surface area contributed by atoms with Gasteiger partial charge in [0.25, 0.3) is 10.0 Å². The van der Waals surface area contributed by atoms with Gasteiger partial charge in [0.05, 0.1) is 5.69 Å². The van der Waals surface area contributed by atoms with E-state index in [0.29, 0.717) is 6.04 Å². The summed E-state index contributed by atoms with van der Waals surface area (Å²) < 4.78 is 24.7. The highest BCUT2D eigenvalue weighted by Crippen LogP contribution is 2.26. The molecule has 0 saturated heterocycles. The highest BCUT2D eigenvalue weighted by molar-refractivity contribution is 7.89. The second-order valence-electron chi connectivity index (χ2n) is 7.67. The van der Waals surface area contributed by atoms with Crippen molar-refractivity contribution < 1.29 is 8.42 Å². The summed E-state index contributed by atoms with van der Waals surface area (Å²) in [5, 5.41) is 8.69. The van der Waals surface area contributed by atoms with Crippen LogP contribution in [0.25, 0.3) is 5.69 Å². The molecule has 1 aromatic carbocycles. The molecule has 1 aliphatic carbocycles. The standard InChI is InChI=1S/C20H30N4O2S/c1-16(12-17-8-4-2-3-5-9-17)22-13-18-10-6-7-11-19(18)24-14-20(23-15-24)27(21,25)26/h6-7,10-11,14-17,22H,2-5,8-9,12-13H2,1H3,(H2,21,25,26)/t16-/m0/s1. The lowest BCUT2D eigenvalue weighted by atomic mass is 9.93. The number of hydrogen-bond donors (Lipinski definition) is 2. The van der Waals surface area contributed by atoms with Gasteiger partial charge >= 0.3 is 0 Å². The van der Waals surface area contributed by atoms with Crippen molar-refractivity contribution in [1.82, 2.24) is 14.9 Å². The summed E-state index contributed by atoms with van der Waals surface area (Å²) in [5.41, 5.74) is 2.01. The lowest BCUT2D eigenvalue weighted by molar-refractivity contribution is 0.363. The molecule has 0 bridgehead atoms. The largest absolute Gasteiger partial charge is 0.310 e. The summed E-state index contributed by atoms with van der Waals surface area (Å²) in [6, 6.07) is 8.39. The molecule has 2 aromatic rings. The molecule has 3 N–H and O–H groups in total. The van der Waals surface area contributed by atoms with Crippen molar-refractivity contribution in [1.29, 1.82) is 0 Å². The predicted molar refractivity (Wildman–Crippen MR) is 107 cm³/mol. The van der Waals surface area contributed by atoms with E-state index in [1.165, 1.54) is 57.5 Å². The maximum atomic E-state index is 11.5. The Hall–Kier alpha value is -1.70. The van der Waals surface area contributed by atoms with E-state index < -0.39 is 10.0 Å². The Bertz CT molecular complexity index is 839. The molecule has 1 aliphatic rings. The minimum Gasteiger partial charge on any atom is -0.310 e. The van der Waals surface area contributed by atoms with Crippen LogP contribution in [0.2, 0.25) is 0 Å². The topological polar surface area (TPSA) is 90.0 Å². The maximum Gasteiger partial charge on any atom is 0.257 e. The lowest BCUT2D eigenvalue weighted by Gasteiger charge is -2.21. The molecule has 1 aromatic heterocycles. The number of para-hydroxylation sites is 1. The Morgan fingerprint density at radius 3 is 2.59 bits per heavy atom. The van der Waals surface area contributed by atoms with Crippen LogP contribution < -0.4 is 10.5 Å². The van der Waals surface area contributed by atoms with Gasteiger partial charge in [-0.3, -0.25) is 0 Å². The summed E-state index contributed by atoms with van der Waals surface area (Å²) in [6.07, 6.45) is 12.4. The molecule has 0 aliphatic heterocycles. The fraction of sp³-hybridized carbons (Fsp3) is 0.550. The maximum absolute atomic E-state index is 11.5. The molecule has 1 saturated carbocycles. The van der Waals surface area contributed by atoms with Crippen molar-refractivity contribution in [3.63, 3.8) is 0 Å². The number of aromatic nitrogens is 2. The van der Waals surface area contributed by atoms with E-state index >= 15 is 0 Å². The fourth-order valence-corrected chi connectivity index (χ4v) is 4.42. The molecule has 0 spiro atoms. The van der Waals surface area contributed by atoms with Gasteiger partial charge in [0.2, 0.25) is 0 Å². The number of benzene rings is 1. The summed E-state index contributed by atoms with van der Waals surface area (Å²) in [6.45, 7) is 2.98. The van der Waals surface area contributed by atoms with Gasteiger partial charge in [0.15, 0.2) is 5.03 Å². The number of nitrogens with two attached hydrogens (primary N) is 1. The van der Waals surface area contributed by atoms with Crippen LogP contribution >= 0.6 is 0 Å². The number of sulfonamides is 1. The molecule has 0 unspecified atom stereocenters. The summed E-state index contributed by atoms with van der Waals surface area (Å²) in [7, 11) is -3.80. The Kier molecular flexibility index (Phi) is 6.68. The van der Waals surface area contributed by atoms with Gasteiger partial charge in [-0.2, -0.15) is 0 Å². The predicted octanol–water partition coefficient (Wildman–Crippen LogP) is 3.36. The van der Waals surface area contributed by atoms with Crippen molar-refractivity contribution in [2.24, 2.45) is 11.1 Å². The Morgan fingerprint density at radius 1 is 1.22 bits per heavy atom. The molecule has 1 heterocycles. The Labute approximate surface area is 162 Å². The SMILES string of the molecule is C[C@@H](CC1CCCCCC1)NCc1ccccc1-n1cnc(S(N)(=O)=O)c1. The van der Waals surface area contributed by atoms with Crippen molar-refractivity contribution in [3.05, 3.63) is 42.4 Å². The van der Waals surface area contributed by atoms with E-state index in [0.717, 1.165) is 23.7 Å². The number of primary sulfonamides is 1. The molecular weight excluding hydrogens is 360 g/mol. The number of rotatable bonds is 7. The minimum absolute atomic E-state index is 0.119. The number of nitrogens with one attached hydrogen (secondary N) is 1. The zero-order valence-corrected chi connectivity index (χ0v) is 16.8. The summed E-state index contributed by atoms with van der Waals surface area (Å²) in [4.78, 5) is 3.92. The van der Waals surface area contributed by atoms with Crippen LogP contribution in [0, 0.1) is 5.92 Å². The van der Waals surface area contributed by atoms with E-state index in [1.54, 1.807) is 4.57 Å². The number of nitrogens with zero attached hydrogens (tertiary/aromatic N) is 2. The van der Waals surface area contributed by atoms with Gasteiger partial charge in [-0.1, -0.05) is 56.7 Å². The fourth-order valence-electron chi connectivity index (χ4n) is 3.96. The summed E-state index contributed by atoms with van der Waals surface area (Å²) >= 11 is 0. The van der Waals surface area contributed by atoms with Gasteiger partial charge in [0.1, 0.15) is 6.33 Å². The van der Waals surface area contributed by atoms with Crippen LogP contribution in [0.3, 0.4) is 0 Å². The lowest BCUT2D eigenvalue weighted by Crippen LogP contribution is -2.28. The Morgan fingerprint density at radius 2 is 1.93 bits per heavy atom. The highest BCUT2D eigenvalue weighted by atomic mass is 32.2. The normalized spacial score (nSPS) is 17.6. The first kappa shape index (κ1) is 20.0. The molecule has 1 atom stereocenters. The van der Waals surface area contributed by atoms with Crippen LogP contribution in [0.4, 0.5) is 0 Å². The van der Waals surface area contributed by atoms with Crippen molar-refractivity contribution in [3.8, 4) is 5.69 Å². The molecule has 3 rings (SSSR count). The van der Waals surface area contributed by atoms with E-state index in [1.807, 2.05) is 18.2 Å². The van der Waals surface area contributed by atoms with Crippen LogP contribution in [0.5, 0.6) is 0 Å². The van der Waals surface area contributed by atoms with Crippen molar-refractivity contribution >= 4 is 10.0 Å². The quantitative estimate of drug-likeness (QED) is 0.709. The molecule has 6 nitrogen and oxygen atoms in total. The van der Waals surface area contributed by atoms with E-state index in [9.17, 15) is 8.42 Å². The van der Waals surface area contributed by atoms with Crippen LogP contribution in [-0.4, -0.2) is 24.0 Å². The molecule has 148 valence electrons. The van der Waals surface area contributed by atoms with Gasteiger partial charge in [-0.25, -0.2) is 18.5 Å². The average molecular weight is 391 g/mol. The third-order valence-corrected chi connectivity index (χ3v) is 6.22. The van der Waals surface area contributed by atoms with Crippen molar-refractivity contribution in [2.45, 2.75) is 69.5 Å². The monoisotopic (exact) mass is 390 g/mol. The smallest absolute Gasteiger partial charge is 0.257 e.